The van der Waals surface area contributed by atoms with E-state index >= 15 is 0 Å². The smallest absolute Gasteiger partial charge is 0.307 e. The standard InChI is InChI=1S/C12H14Br2F3N/c1-7(6-12(15,16)17)18-8(2)10-4-3-9(13)5-11(10)14/h3-5,7-8,18H,6H2,1-2H3. The Morgan fingerprint density at radius 3 is 2.33 bits per heavy atom. The van der Waals surface area contributed by atoms with Crippen LogP contribution in [0.4, 0.5) is 13.2 Å². The van der Waals surface area contributed by atoms with Crippen molar-refractivity contribution in [3.05, 3.63) is 32.7 Å². The monoisotopic (exact) mass is 387 g/mol. The average molecular weight is 389 g/mol. The van der Waals surface area contributed by atoms with Crippen LogP contribution in [0.25, 0.3) is 0 Å². The largest absolute Gasteiger partial charge is 0.390 e. The summed E-state index contributed by atoms with van der Waals surface area (Å²) in [4.78, 5) is 0. The molecule has 1 aromatic rings. The van der Waals surface area contributed by atoms with Crippen molar-refractivity contribution in [1.29, 1.82) is 0 Å². The summed E-state index contributed by atoms with van der Waals surface area (Å²) in [5, 5.41) is 2.95. The van der Waals surface area contributed by atoms with Gasteiger partial charge in [0, 0.05) is 21.0 Å². The molecule has 1 aromatic carbocycles. The summed E-state index contributed by atoms with van der Waals surface area (Å²) in [5.41, 5.74) is 0.937. The zero-order valence-corrected chi connectivity index (χ0v) is 13.2. The van der Waals surface area contributed by atoms with E-state index in [1.165, 1.54) is 6.92 Å². The summed E-state index contributed by atoms with van der Waals surface area (Å²) in [6.45, 7) is 3.39. The van der Waals surface area contributed by atoms with E-state index in [1.54, 1.807) is 0 Å². The van der Waals surface area contributed by atoms with Crippen molar-refractivity contribution in [2.24, 2.45) is 0 Å². The maximum Gasteiger partial charge on any atom is 0.390 e. The molecule has 1 rings (SSSR count). The number of halogens is 5. The Balaban J connectivity index is 2.67. The van der Waals surface area contributed by atoms with Crippen LogP contribution >= 0.6 is 31.9 Å². The lowest BCUT2D eigenvalue weighted by molar-refractivity contribution is -0.139. The highest BCUT2D eigenvalue weighted by atomic mass is 79.9. The molecule has 0 bridgehead atoms. The van der Waals surface area contributed by atoms with Crippen molar-refractivity contribution in [2.75, 3.05) is 0 Å². The number of rotatable bonds is 4. The first kappa shape index (κ1) is 16.0. The van der Waals surface area contributed by atoms with Crippen LogP contribution < -0.4 is 5.32 Å². The van der Waals surface area contributed by atoms with Crippen LogP contribution in [-0.4, -0.2) is 12.2 Å². The zero-order valence-electron chi connectivity index (χ0n) is 9.98. The van der Waals surface area contributed by atoms with Gasteiger partial charge in [0.25, 0.3) is 0 Å². The maximum atomic E-state index is 12.2. The molecule has 0 aromatic heterocycles. The molecule has 1 nitrogen and oxygen atoms in total. The van der Waals surface area contributed by atoms with Crippen molar-refractivity contribution in [1.82, 2.24) is 5.32 Å². The van der Waals surface area contributed by atoms with Crippen molar-refractivity contribution >= 4 is 31.9 Å². The average Bonchev–Trinajstić information content (AvgIpc) is 2.13. The number of nitrogens with one attached hydrogen (secondary N) is 1. The minimum Gasteiger partial charge on any atom is -0.307 e. The molecule has 2 atom stereocenters. The molecule has 0 aliphatic carbocycles. The van der Waals surface area contributed by atoms with Crippen LogP contribution in [0.3, 0.4) is 0 Å². The summed E-state index contributed by atoms with van der Waals surface area (Å²) < 4.78 is 38.5. The molecule has 0 saturated carbocycles. The number of hydrogen-bond donors (Lipinski definition) is 1. The van der Waals surface area contributed by atoms with Gasteiger partial charge < -0.3 is 5.32 Å². The van der Waals surface area contributed by atoms with E-state index in [9.17, 15) is 13.2 Å². The predicted octanol–water partition coefficient (Wildman–Crippen LogP) is 5.20. The Labute approximate surface area is 121 Å². The molecule has 0 radical (unpaired) electrons. The molecule has 0 aliphatic heterocycles. The lowest BCUT2D eigenvalue weighted by atomic mass is 10.1. The molecule has 0 aliphatic rings. The molecular formula is C12H14Br2F3N. The van der Waals surface area contributed by atoms with Gasteiger partial charge >= 0.3 is 6.18 Å². The molecule has 0 fully saturated rings. The summed E-state index contributed by atoms with van der Waals surface area (Å²) in [5.74, 6) is 0. The first-order valence-corrected chi connectivity index (χ1v) is 7.05. The van der Waals surface area contributed by atoms with Crippen molar-refractivity contribution in [3.63, 3.8) is 0 Å². The summed E-state index contributed by atoms with van der Waals surface area (Å²) in [6.07, 6.45) is -4.96. The third-order valence-electron chi connectivity index (χ3n) is 2.50. The first-order valence-electron chi connectivity index (χ1n) is 5.47. The van der Waals surface area contributed by atoms with Crippen LogP contribution in [-0.2, 0) is 0 Å². The topological polar surface area (TPSA) is 12.0 Å². The second kappa shape index (κ2) is 6.39. The van der Waals surface area contributed by atoms with Crippen LogP contribution in [0.2, 0.25) is 0 Å². The molecule has 0 heterocycles. The minimum atomic E-state index is -4.14. The lowest BCUT2D eigenvalue weighted by Gasteiger charge is -2.22. The quantitative estimate of drug-likeness (QED) is 0.747. The fraction of sp³-hybridized carbons (Fsp3) is 0.500. The van der Waals surface area contributed by atoms with Gasteiger partial charge in [0.05, 0.1) is 6.42 Å². The molecule has 0 spiro atoms. The summed E-state index contributed by atoms with van der Waals surface area (Å²) in [7, 11) is 0. The Morgan fingerprint density at radius 1 is 1.22 bits per heavy atom. The SMILES string of the molecule is CC(CC(F)(F)F)NC(C)c1ccc(Br)cc1Br. The fourth-order valence-corrected chi connectivity index (χ4v) is 3.17. The van der Waals surface area contributed by atoms with Gasteiger partial charge in [0.2, 0.25) is 0 Å². The van der Waals surface area contributed by atoms with E-state index in [-0.39, 0.29) is 6.04 Å². The lowest BCUT2D eigenvalue weighted by Crippen LogP contribution is -2.33. The Bertz CT molecular complexity index is 407. The summed E-state index contributed by atoms with van der Waals surface area (Å²) in [6, 6.07) is 4.86. The van der Waals surface area contributed by atoms with Gasteiger partial charge in [-0.1, -0.05) is 37.9 Å². The Kier molecular flexibility index (Phi) is 5.67. The van der Waals surface area contributed by atoms with Gasteiger partial charge in [-0.2, -0.15) is 13.2 Å². The fourth-order valence-electron chi connectivity index (χ4n) is 1.78. The van der Waals surface area contributed by atoms with E-state index in [0.717, 1.165) is 14.5 Å². The molecule has 0 saturated heterocycles. The van der Waals surface area contributed by atoms with Gasteiger partial charge in [-0.25, -0.2) is 0 Å². The van der Waals surface area contributed by atoms with E-state index in [4.69, 9.17) is 0 Å². The highest BCUT2D eigenvalue weighted by Gasteiger charge is 2.30. The van der Waals surface area contributed by atoms with Gasteiger partial charge in [0.15, 0.2) is 0 Å². The van der Waals surface area contributed by atoms with E-state index in [1.807, 2.05) is 25.1 Å². The number of benzene rings is 1. The molecule has 18 heavy (non-hydrogen) atoms. The van der Waals surface area contributed by atoms with Gasteiger partial charge in [-0.15, -0.1) is 0 Å². The maximum absolute atomic E-state index is 12.2. The Morgan fingerprint density at radius 2 is 1.83 bits per heavy atom. The van der Waals surface area contributed by atoms with Crippen LogP contribution in [0.15, 0.2) is 27.1 Å². The third-order valence-corrected chi connectivity index (χ3v) is 3.68. The molecular weight excluding hydrogens is 375 g/mol. The van der Waals surface area contributed by atoms with Crippen LogP contribution in [0.1, 0.15) is 31.9 Å². The highest BCUT2D eigenvalue weighted by Crippen LogP contribution is 2.28. The van der Waals surface area contributed by atoms with Gasteiger partial charge in [-0.3, -0.25) is 0 Å². The van der Waals surface area contributed by atoms with Crippen molar-refractivity contribution < 1.29 is 13.2 Å². The number of hydrogen-bond acceptors (Lipinski definition) is 1. The predicted molar refractivity (Wildman–Crippen MR) is 73.5 cm³/mol. The normalized spacial score (nSPS) is 15.5. The molecule has 6 heteroatoms. The summed E-state index contributed by atoms with van der Waals surface area (Å²) >= 11 is 6.74. The van der Waals surface area contributed by atoms with E-state index in [0.29, 0.717) is 0 Å². The van der Waals surface area contributed by atoms with Crippen molar-refractivity contribution in [2.45, 2.75) is 38.5 Å². The van der Waals surface area contributed by atoms with Crippen LogP contribution in [0.5, 0.6) is 0 Å². The zero-order chi connectivity index (χ0) is 13.9. The molecule has 102 valence electrons. The third kappa shape index (κ3) is 5.28. The van der Waals surface area contributed by atoms with Gasteiger partial charge in [-0.05, 0) is 31.5 Å². The second-order valence-corrected chi connectivity index (χ2v) is 6.04. The first-order chi connectivity index (χ1) is 8.19. The molecule has 1 N–H and O–H groups in total. The second-order valence-electron chi connectivity index (χ2n) is 4.27. The Hall–Kier alpha value is -0.0700. The van der Waals surface area contributed by atoms with E-state index in [2.05, 4.69) is 37.2 Å². The number of alkyl halides is 3. The molecule has 0 amide bonds. The van der Waals surface area contributed by atoms with E-state index < -0.39 is 18.6 Å². The minimum absolute atomic E-state index is 0.148. The van der Waals surface area contributed by atoms with Crippen LogP contribution in [0, 0.1) is 0 Å². The highest BCUT2D eigenvalue weighted by molar-refractivity contribution is 9.11. The molecule has 2 unspecified atom stereocenters. The van der Waals surface area contributed by atoms with Crippen molar-refractivity contribution in [3.8, 4) is 0 Å². The van der Waals surface area contributed by atoms with Gasteiger partial charge in [0.1, 0.15) is 0 Å².